The number of likely N-dealkylation sites (N-methyl/N-ethyl adjacent to an activating group) is 1. The van der Waals surface area contributed by atoms with Gasteiger partial charge in [-0.2, -0.15) is 0 Å². The number of phosphoric ester groups is 1. The minimum Gasteiger partial charge on any atom is -1.00 e. The van der Waals surface area contributed by atoms with E-state index in [1.54, 1.807) is 0 Å². The van der Waals surface area contributed by atoms with Crippen LogP contribution in [0.4, 0.5) is 0 Å². The summed E-state index contributed by atoms with van der Waals surface area (Å²) in [4.78, 5) is 17.0. The van der Waals surface area contributed by atoms with E-state index in [1.165, 1.54) is 0 Å². The van der Waals surface area contributed by atoms with E-state index in [2.05, 4.69) is 4.52 Å². The molecule has 5 nitrogen and oxygen atoms in total. The summed E-state index contributed by atoms with van der Waals surface area (Å²) in [5, 5.41) is 0. The fourth-order valence-electron chi connectivity index (χ4n) is 0.297. The maximum Gasteiger partial charge on any atom is 0.469 e. The molecule has 0 aromatic rings. The number of rotatable bonds is 4. The van der Waals surface area contributed by atoms with Crippen LogP contribution in [0.1, 0.15) is 12.3 Å². The van der Waals surface area contributed by atoms with Crippen molar-refractivity contribution in [3.05, 3.63) is 0 Å². The standard InChI is InChI=1S/C5H14NO4P.Ca.ClH/c1-6(2,3)4-5-10-11(7,8)9;;/h4-5H2,1-3H3,(H-,7,8,9);;1H/i1D3,2D3,3D3;;. The topological polar surface area (TPSA) is 66.8 Å². The molecule has 0 heterocycles. The first-order valence-corrected chi connectivity index (χ1v) is 4.07. The third-order valence-corrected chi connectivity index (χ3v) is 1.21. The number of halogens is 1. The van der Waals surface area contributed by atoms with Crippen LogP contribution in [0.5, 0.6) is 0 Å². The zero-order valence-electron chi connectivity index (χ0n) is 15.6. The zero-order valence-corrected chi connectivity index (χ0v) is 10.5. The summed E-state index contributed by atoms with van der Waals surface area (Å²) in [5.41, 5.74) is 0. The molecule has 78 valence electrons. The molecule has 8 heteroatoms. The monoisotopic (exact) mass is 268 g/mol. The molecular formula is C5H15CaClNO4P. The average molecular weight is 269 g/mol. The number of nitrogens with zero attached hydrogens (tertiary/aromatic N) is 1. The summed E-state index contributed by atoms with van der Waals surface area (Å²) >= 11 is 0. The first kappa shape index (κ1) is 6.38. The molecular weight excluding hydrogens is 245 g/mol. The van der Waals surface area contributed by atoms with Crippen molar-refractivity contribution in [1.29, 1.82) is 0 Å². The van der Waals surface area contributed by atoms with E-state index >= 15 is 0 Å². The molecule has 0 aliphatic carbocycles. The molecule has 13 heavy (non-hydrogen) atoms. The van der Waals surface area contributed by atoms with Crippen molar-refractivity contribution in [1.82, 2.24) is 0 Å². The molecule has 0 bridgehead atoms. The molecule has 0 saturated heterocycles. The van der Waals surface area contributed by atoms with Crippen LogP contribution in [-0.4, -0.2) is 86.1 Å². The Hall–Kier alpha value is 1.62. The van der Waals surface area contributed by atoms with Gasteiger partial charge < -0.3 is 26.7 Å². The Morgan fingerprint density at radius 1 is 1.46 bits per heavy atom. The molecule has 0 aliphatic rings. The van der Waals surface area contributed by atoms with Crippen molar-refractivity contribution in [3.8, 4) is 0 Å². The summed E-state index contributed by atoms with van der Waals surface area (Å²) in [5.74, 6) is 0. The Morgan fingerprint density at radius 2 is 1.92 bits per heavy atom. The molecule has 0 rings (SSSR count). The molecule has 2 radical (unpaired) electrons. The van der Waals surface area contributed by atoms with Crippen LogP contribution >= 0.6 is 7.82 Å². The predicted molar refractivity (Wildman–Crippen MR) is 46.6 cm³/mol. The van der Waals surface area contributed by atoms with E-state index in [0.717, 1.165) is 0 Å². The number of hydrogen-bond donors (Lipinski definition) is 2. The molecule has 0 aromatic heterocycles. The van der Waals surface area contributed by atoms with Gasteiger partial charge in [-0.25, -0.2) is 4.57 Å². The second kappa shape index (κ2) is 7.85. The molecule has 0 unspecified atom stereocenters. The van der Waals surface area contributed by atoms with E-state index in [-0.39, 0.29) is 50.1 Å². The largest absolute Gasteiger partial charge is 1.00 e. The minimum atomic E-state index is -4.97. The second-order valence-corrected chi connectivity index (χ2v) is 3.10. The molecule has 0 saturated carbocycles. The summed E-state index contributed by atoms with van der Waals surface area (Å²) in [6.45, 7) is -12.6. The van der Waals surface area contributed by atoms with Crippen LogP contribution in [0.2, 0.25) is 0 Å². The van der Waals surface area contributed by atoms with Gasteiger partial charge in [0.2, 0.25) is 0 Å². The third-order valence-electron chi connectivity index (χ3n) is 0.686. The summed E-state index contributed by atoms with van der Waals surface area (Å²) in [7, 11) is -4.97. The molecule has 0 amide bonds. The number of phosphoric acid groups is 1. The van der Waals surface area contributed by atoms with E-state index < -0.39 is 46.4 Å². The van der Waals surface area contributed by atoms with Crippen LogP contribution in [0.25, 0.3) is 0 Å². The SMILES string of the molecule is [2H]C([2H])([2H])[N+](CCOP(=O)(O)O)(C([2H])([2H])[2H])C([2H])([2H])[2H].[Ca].[Cl-]. The van der Waals surface area contributed by atoms with E-state index in [1.807, 2.05) is 0 Å². The third kappa shape index (κ3) is 19.9. The Bertz CT molecular complexity index is 357. The molecule has 2 N–H and O–H groups in total. The van der Waals surface area contributed by atoms with Gasteiger partial charge in [-0.1, -0.05) is 0 Å². The van der Waals surface area contributed by atoms with Gasteiger partial charge in [-0.05, 0) is 0 Å². The van der Waals surface area contributed by atoms with Crippen LogP contribution in [0.15, 0.2) is 0 Å². The van der Waals surface area contributed by atoms with Crippen molar-refractivity contribution in [2.45, 2.75) is 0 Å². The van der Waals surface area contributed by atoms with E-state index in [9.17, 15) is 4.57 Å². The van der Waals surface area contributed by atoms with Gasteiger partial charge >= 0.3 is 7.82 Å². The van der Waals surface area contributed by atoms with Gasteiger partial charge in [-0.3, -0.25) is 4.52 Å². The van der Waals surface area contributed by atoms with Gasteiger partial charge in [-0.15, -0.1) is 0 Å². The average Bonchev–Trinajstić information content (AvgIpc) is 2.03. The van der Waals surface area contributed by atoms with Gasteiger partial charge in [0.1, 0.15) is 13.2 Å². The number of quaternary nitrogens is 1. The first-order chi connectivity index (χ1) is 8.46. The molecule has 0 atom stereocenters. The molecule has 0 fully saturated rings. The fourth-order valence-corrected chi connectivity index (χ4v) is 0.616. The Kier molecular flexibility index (Phi) is 3.85. The van der Waals surface area contributed by atoms with Crippen LogP contribution in [0, 0.1) is 0 Å². The minimum absolute atomic E-state index is 0. The second-order valence-electron chi connectivity index (χ2n) is 1.86. The van der Waals surface area contributed by atoms with Crippen LogP contribution in [-0.2, 0) is 9.09 Å². The summed E-state index contributed by atoms with van der Waals surface area (Å²) in [6.07, 6.45) is 0. The van der Waals surface area contributed by atoms with Gasteiger partial charge in [0.25, 0.3) is 0 Å². The zero-order chi connectivity index (χ0) is 16.6. The quantitative estimate of drug-likeness (QED) is 0.315. The van der Waals surface area contributed by atoms with Gasteiger partial charge in [0.05, 0.1) is 33.3 Å². The smallest absolute Gasteiger partial charge is 0.469 e. The predicted octanol–water partition coefficient (Wildman–Crippen LogP) is -3.57. The normalized spacial score (nSPS) is 24.6. The molecule has 0 spiro atoms. The van der Waals surface area contributed by atoms with Crippen LogP contribution < -0.4 is 12.4 Å². The summed E-state index contributed by atoms with van der Waals surface area (Å²) < 4.78 is 77.1. The Labute approximate surface area is 127 Å². The number of hydrogen-bond acceptors (Lipinski definition) is 2. The van der Waals surface area contributed by atoms with Crippen molar-refractivity contribution < 1.29 is 48.1 Å². The van der Waals surface area contributed by atoms with Crippen molar-refractivity contribution in [2.24, 2.45) is 0 Å². The maximum atomic E-state index is 10.5. The first-order valence-electron chi connectivity index (χ1n) is 7.04. The van der Waals surface area contributed by atoms with Crippen LogP contribution in [0.3, 0.4) is 0 Å². The summed E-state index contributed by atoms with van der Waals surface area (Å²) in [6, 6.07) is 0. The Balaban J connectivity index is -0.00000180. The molecule has 0 aromatic carbocycles. The maximum absolute atomic E-state index is 10.5. The van der Waals surface area contributed by atoms with Gasteiger partial charge in [0, 0.05) is 37.7 Å². The fraction of sp³-hybridized carbons (Fsp3) is 1.00. The van der Waals surface area contributed by atoms with Crippen molar-refractivity contribution in [3.63, 3.8) is 0 Å². The van der Waals surface area contributed by atoms with E-state index in [4.69, 9.17) is 22.1 Å². The van der Waals surface area contributed by atoms with Gasteiger partial charge in [0.15, 0.2) is 0 Å². The Morgan fingerprint density at radius 3 is 2.23 bits per heavy atom. The molecule has 0 aliphatic heterocycles. The van der Waals surface area contributed by atoms with E-state index in [0.29, 0.717) is 0 Å². The van der Waals surface area contributed by atoms with Crippen molar-refractivity contribution >= 4 is 45.6 Å². The van der Waals surface area contributed by atoms with Crippen molar-refractivity contribution in [2.75, 3.05) is 34.1 Å².